The van der Waals surface area contributed by atoms with Crippen molar-refractivity contribution < 1.29 is 15.0 Å². The Morgan fingerprint density at radius 1 is 1.13 bits per heavy atom. The predicted molar refractivity (Wildman–Crippen MR) is 58.4 cm³/mol. The number of hydrogen-bond acceptors (Lipinski definition) is 3. The zero-order chi connectivity index (χ0) is 10.8. The lowest BCUT2D eigenvalue weighted by atomic mass is 10.1. The van der Waals surface area contributed by atoms with E-state index >= 15 is 0 Å². The van der Waals surface area contributed by atoms with Gasteiger partial charge in [-0.1, -0.05) is 12.1 Å². The molecule has 1 aromatic heterocycles. The molecule has 0 aliphatic rings. The summed E-state index contributed by atoms with van der Waals surface area (Å²) in [6.07, 6.45) is 0. The molecule has 0 spiro atoms. The molecule has 4 heteroatoms. The van der Waals surface area contributed by atoms with Gasteiger partial charge in [0, 0.05) is 5.56 Å². The van der Waals surface area contributed by atoms with Gasteiger partial charge in [0.05, 0.1) is 0 Å². The molecule has 15 heavy (non-hydrogen) atoms. The Labute approximate surface area is 90.2 Å². The minimum absolute atomic E-state index is 0.172. The van der Waals surface area contributed by atoms with Crippen LogP contribution in [0.4, 0.5) is 0 Å². The summed E-state index contributed by atoms with van der Waals surface area (Å²) in [4.78, 5) is 11.2. The average Bonchev–Trinajstić information content (AvgIpc) is 2.67. The van der Waals surface area contributed by atoms with Gasteiger partial charge in [-0.25, -0.2) is 4.79 Å². The fraction of sp³-hybridized carbons (Fsp3) is 0. The molecular formula is C11H8O3S. The fourth-order valence-electron chi connectivity index (χ4n) is 1.34. The molecule has 0 unspecified atom stereocenters. The number of phenols is 1. The van der Waals surface area contributed by atoms with Crippen LogP contribution in [0, 0.1) is 0 Å². The molecule has 3 nitrogen and oxygen atoms in total. The van der Waals surface area contributed by atoms with E-state index in [2.05, 4.69) is 0 Å². The number of carboxylic acids is 1. The van der Waals surface area contributed by atoms with E-state index in [9.17, 15) is 4.79 Å². The van der Waals surface area contributed by atoms with E-state index < -0.39 is 5.97 Å². The second-order valence-electron chi connectivity index (χ2n) is 3.02. The first kappa shape index (κ1) is 9.73. The number of aromatic carboxylic acids is 1. The summed E-state index contributed by atoms with van der Waals surface area (Å²) < 4.78 is 0. The maximum atomic E-state index is 10.9. The van der Waals surface area contributed by atoms with Crippen molar-refractivity contribution in [2.45, 2.75) is 0 Å². The van der Waals surface area contributed by atoms with Crippen molar-refractivity contribution in [3.8, 4) is 16.9 Å². The topological polar surface area (TPSA) is 57.5 Å². The Balaban J connectivity index is 2.49. The standard InChI is InChI=1S/C11H8O3S/c12-8-3-1-7(2-4-8)9-5-6-15-10(9)11(13)14/h1-6,12H,(H,13,14). The maximum Gasteiger partial charge on any atom is 0.346 e. The second-order valence-corrected chi connectivity index (χ2v) is 3.93. The number of carbonyl (C=O) groups is 1. The summed E-state index contributed by atoms with van der Waals surface area (Å²) in [5.41, 5.74) is 1.49. The monoisotopic (exact) mass is 220 g/mol. The van der Waals surface area contributed by atoms with Crippen LogP contribution in [0.15, 0.2) is 35.7 Å². The third kappa shape index (κ3) is 1.85. The van der Waals surface area contributed by atoms with Crippen molar-refractivity contribution in [1.82, 2.24) is 0 Å². The summed E-state index contributed by atoms with van der Waals surface area (Å²) in [5, 5.41) is 19.8. The minimum Gasteiger partial charge on any atom is -0.508 e. The van der Waals surface area contributed by atoms with Gasteiger partial charge in [0.1, 0.15) is 10.6 Å². The molecule has 76 valence electrons. The normalized spacial score (nSPS) is 10.1. The Kier molecular flexibility index (Phi) is 2.43. The van der Waals surface area contributed by atoms with Gasteiger partial charge in [-0.3, -0.25) is 0 Å². The summed E-state index contributed by atoms with van der Waals surface area (Å²) in [5.74, 6) is -0.751. The number of phenolic OH excluding ortho intramolecular Hbond substituents is 1. The Bertz CT molecular complexity index is 485. The van der Waals surface area contributed by atoms with Crippen molar-refractivity contribution in [3.05, 3.63) is 40.6 Å². The highest BCUT2D eigenvalue weighted by Gasteiger charge is 2.12. The first-order chi connectivity index (χ1) is 7.18. The highest BCUT2D eigenvalue weighted by atomic mass is 32.1. The van der Waals surface area contributed by atoms with Gasteiger partial charge in [0.15, 0.2) is 0 Å². The SMILES string of the molecule is O=C(O)c1sccc1-c1ccc(O)cc1. The average molecular weight is 220 g/mol. The molecule has 1 heterocycles. The Hall–Kier alpha value is -1.81. The third-order valence-electron chi connectivity index (χ3n) is 2.04. The van der Waals surface area contributed by atoms with Crippen LogP contribution in [0.3, 0.4) is 0 Å². The molecule has 2 rings (SSSR count). The van der Waals surface area contributed by atoms with Crippen molar-refractivity contribution in [1.29, 1.82) is 0 Å². The van der Waals surface area contributed by atoms with Gasteiger partial charge < -0.3 is 10.2 Å². The van der Waals surface area contributed by atoms with Crippen molar-refractivity contribution in [2.24, 2.45) is 0 Å². The number of hydrogen-bond donors (Lipinski definition) is 2. The first-order valence-corrected chi connectivity index (χ1v) is 5.16. The minimum atomic E-state index is -0.923. The lowest BCUT2D eigenvalue weighted by Gasteiger charge is -2.00. The maximum absolute atomic E-state index is 10.9. The fourth-order valence-corrected chi connectivity index (χ4v) is 2.10. The van der Waals surface area contributed by atoms with Crippen LogP contribution >= 0.6 is 11.3 Å². The zero-order valence-corrected chi connectivity index (χ0v) is 8.49. The quantitative estimate of drug-likeness (QED) is 0.818. The van der Waals surface area contributed by atoms with E-state index in [1.807, 2.05) is 0 Å². The number of carboxylic acid groups (broad SMARTS) is 1. The molecule has 1 aromatic carbocycles. The van der Waals surface area contributed by atoms with E-state index in [1.165, 1.54) is 11.3 Å². The van der Waals surface area contributed by atoms with Crippen LogP contribution in [-0.4, -0.2) is 16.2 Å². The van der Waals surface area contributed by atoms with Crippen molar-refractivity contribution in [3.63, 3.8) is 0 Å². The van der Waals surface area contributed by atoms with Crippen molar-refractivity contribution in [2.75, 3.05) is 0 Å². The van der Waals surface area contributed by atoms with E-state index in [0.29, 0.717) is 10.4 Å². The van der Waals surface area contributed by atoms with Crippen LogP contribution < -0.4 is 0 Å². The second kappa shape index (κ2) is 3.74. The lowest BCUT2D eigenvalue weighted by molar-refractivity contribution is 0.0703. The van der Waals surface area contributed by atoms with Crippen LogP contribution in [-0.2, 0) is 0 Å². The molecule has 0 saturated carbocycles. The van der Waals surface area contributed by atoms with E-state index in [0.717, 1.165) is 5.56 Å². The summed E-state index contributed by atoms with van der Waals surface area (Å²) in [6, 6.07) is 8.24. The van der Waals surface area contributed by atoms with Crippen molar-refractivity contribution >= 4 is 17.3 Å². The molecule has 0 saturated heterocycles. The van der Waals surface area contributed by atoms with Gasteiger partial charge in [0.25, 0.3) is 0 Å². The molecular weight excluding hydrogens is 212 g/mol. The first-order valence-electron chi connectivity index (χ1n) is 4.28. The number of rotatable bonds is 2. The highest BCUT2D eigenvalue weighted by Crippen LogP contribution is 2.29. The number of aromatic hydroxyl groups is 1. The highest BCUT2D eigenvalue weighted by molar-refractivity contribution is 7.12. The summed E-state index contributed by atoms with van der Waals surface area (Å²) in [7, 11) is 0. The van der Waals surface area contributed by atoms with Crippen LogP contribution in [0.2, 0.25) is 0 Å². The molecule has 0 aliphatic carbocycles. The molecule has 0 aliphatic heterocycles. The third-order valence-corrected chi connectivity index (χ3v) is 2.94. The van der Waals surface area contributed by atoms with Crippen LogP contribution in [0.1, 0.15) is 9.67 Å². The lowest BCUT2D eigenvalue weighted by Crippen LogP contribution is -1.94. The molecule has 0 atom stereocenters. The van der Waals surface area contributed by atoms with Gasteiger partial charge >= 0.3 is 5.97 Å². The van der Waals surface area contributed by atoms with E-state index in [1.54, 1.807) is 35.7 Å². The molecule has 0 radical (unpaired) electrons. The number of benzene rings is 1. The van der Waals surface area contributed by atoms with Gasteiger partial charge in [-0.2, -0.15) is 0 Å². The van der Waals surface area contributed by atoms with Crippen LogP contribution in [0.5, 0.6) is 5.75 Å². The van der Waals surface area contributed by atoms with Crippen LogP contribution in [0.25, 0.3) is 11.1 Å². The number of thiophene rings is 1. The van der Waals surface area contributed by atoms with E-state index in [4.69, 9.17) is 10.2 Å². The molecule has 2 aromatic rings. The van der Waals surface area contributed by atoms with Gasteiger partial charge in [-0.05, 0) is 29.1 Å². The van der Waals surface area contributed by atoms with Gasteiger partial charge in [-0.15, -0.1) is 11.3 Å². The molecule has 0 fully saturated rings. The van der Waals surface area contributed by atoms with E-state index in [-0.39, 0.29) is 5.75 Å². The van der Waals surface area contributed by atoms with Gasteiger partial charge in [0.2, 0.25) is 0 Å². The largest absolute Gasteiger partial charge is 0.508 e. The molecule has 0 bridgehead atoms. The molecule has 0 amide bonds. The smallest absolute Gasteiger partial charge is 0.346 e. The summed E-state index contributed by atoms with van der Waals surface area (Å²) >= 11 is 1.19. The Morgan fingerprint density at radius 2 is 1.80 bits per heavy atom. The summed E-state index contributed by atoms with van der Waals surface area (Å²) in [6.45, 7) is 0. The predicted octanol–water partition coefficient (Wildman–Crippen LogP) is 2.82. The Morgan fingerprint density at radius 3 is 2.40 bits per heavy atom. The molecule has 2 N–H and O–H groups in total. The zero-order valence-electron chi connectivity index (χ0n) is 7.68.